The van der Waals surface area contributed by atoms with Crippen molar-refractivity contribution in [2.75, 3.05) is 13.2 Å². The molecule has 0 aliphatic rings. The van der Waals surface area contributed by atoms with E-state index in [0.717, 1.165) is 109 Å². The van der Waals surface area contributed by atoms with E-state index in [9.17, 15) is 14.4 Å². The quantitative estimate of drug-likeness (QED) is 0.0263. The fraction of sp³-hybridized carbons (Fsp3) is 0.696. The zero-order valence-electron chi connectivity index (χ0n) is 40.4. The van der Waals surface area contributed by atoms with Crippen LogP contribution in [-0.2, 0) is 28.6 Å². The molecule has 354 valence electrons. The highest BCUT2D eigenvalue weighted by Gasteiger charge is 2.19. The van der Waals surface area contributed by atoms with Crippen molar-refractivity contribution >= 4 is 17.9 Å². The maximum Gasteiger partial charge on any atom is 0.306 e. The molecule has 0 rings (SSSR count). The number of rotatable bonds is 45. The molecular formula is C56H94O6. The van der Waals surface area contributed by atoms with E-state index in [1.54, 1.807) is 0 Å². The second kappa shape index (κ2) is 50.2. The number of carbonyl (C=O) groups is 3. The zero-order chi connectivity index (χ0) is 45.1. The third-order valence-corrected chi connectivity index (χ3v) is 10.8. The van der Waals surface area contributed by atoms with Gasteiger partial charge >= 0.3 is 17.9 Å². The molecular weight excluding hydrogens is 769 g/mol. The van der Waals surface area contributed by atoms with E-state index in [0.29, 0.717) is 19.3 Å². The van der Waals surface area contributed by atoms with Crippen LogP contribution in [0.4, 0.5) is 0 Å². The maximum atomic E-state index is 12.8. The minimum atomic E-state index is -0.795. The molecule has 6 heteroatoms. The Morgan fingerprint density at radius 2 is 0.629 bits per heavy atom. The Balaban J connectivity index is 4.45. The van der Waals surface area contributed by atoms with Crippen LogP contribution in [-0.4, -0.2) is 37.2 Å². The molecule has 0 fully saturated rings. The summed E-state index contributed by atoms with van der Waals surface area (Å²) in [5, 5.41) is 0. The number of ether oxygens (including phenoxy) is 3. The molecule has 0 saturated heterocycles. The summed E-state index contributed by atoms with van der Waals surface area (Å²) < 4.78 is 16.8. The first-order chi connectivity index (χ1) is 30.5. The lowest BCUT2D eigenvalue weighted by Gasteiger charge is -2.18. The summed E-state index contributed by atoms with van der Waals surface area (Å²) in [5.41, 5.74) is 0. The number of carbonyl (C=O) groups excluding carboxylic acids is 3. The molecule has 0 aliphatic heterocycles. The van der Waals surface area contributed by atoms with Crippen molar-refractivity contribution in [1.82, 2.24) is 0 Å². The van der Waals surface area contributed by atoms with Gasteiger partial charge in [-0.25, -0.2) is 0 Å². The fourth-order valence-corrected chi connectivity index (χ4v) is 6.92. The Kier molecular flexibility index (Phi) is 47.5. The molecule has 0 aromatic rings. The molecule has 0 heterocycles. The third-order valence-electron chi connectivity index (χ3n) is 10.8. The second-order valence-electron chi connectivity index (χ2n) is 16.9. The predicted molar refractivity (Wildman–Crippen MR) is 265 cm³/mol. The number of unbranched alkanes of at least 4 members (excludes halogenated alkanes) is 25. The Hall–Kier alpha value is -3.41. The van der Waals surface area contributed by atoms with Crippen molar-refractivity contribution < 1.29 is 28.6 Å². The van der Waals surface area contributed by atoms with Crippen molar-refractivity contribution in [2.24, 2.45) is 0 Å². The average Bonchev–Trinajstić information content (AvgIpc) is 3.27. The lowest BCUT2D eigenvalue weighted by Crippen LogP contribution is -2.30. The van der Waals surface area contributed by atoms with E-state index >= 15 is 0 Å². The van der Waals surface area contributed by atoms with Gasteiger partial charge in [0.15, 0.2) is 6.10 Å². The molecule has 0 amide bonds. The summed E-state index contributed by atoms with van der Waals surface area (Å²) in [6.45, 7) is 6.43. The van der Waals surface area contributed by atoms with E-state index in [1.807, 2.05) is 18.2 Å². The highest BCUT2D eigenvalue weighted by molar-refractivity contribution is 5.71. The number of hydrogen-bond acceptors (Lipinski definition) is 6. The molecule has 0 aromatic carbocycles. The van der Waals surface area contributed by atoms with Gasteiger partial charge in [0.25, 0.3) is 0 Å². The monoisotopic (exact) mass is 863 g/mol. The fourth-order valence-electron chi connectivity index (χ4n) is 6.92. The van der Waals surface area contributed by atoms with Crippen molar-refractivity contribution in [3.05, 3.63) is 85.1 Å². The van der Waals surface area contributed by atoms with Crippen LogP contribution < -0.4 is 0 Å². The minimum Gasteiger partial charge on any atom is -0.462 e. The Bertz CT molecular complexity index is 1220. The van der Waals surface area contributed by atoms with Crippen molar-refractivity contribution in [1.29, 1.82) is 0 Å². The summed E-state index contributed by atoms with van der Waals surface area (Å²) in [6, 6.07) is 0. The molecule has 0 spiro atoms. The summed E-state index contributed by atoms with van der Waals surface area (Å²) >= 11 is 0. The highest BCUT2D eigenvalue weighted by Crippen LogP contribution is 2.14. The number of esters is 3. The van der Waals surface area contributed by atoms with E-state index in [4.69, 9.17) is 14.2 Å². The van der Waals surface area contributed by atoms with Crippen LogP contribution in [0.2, 0.25) is 0 Å². The molecule has 0 aromatic heterocycles. The molecule has 62 heavy (non-hydrogen) atoms. The highest BCUT2D eigenvalue weighted by atomic mass is 16.6. The molecule has 0 bridgehead atoms. The van der Waals surface area contributed by atoms with Crippen molar-refractivity contribution in [3.63, 3.8) is 0 Å². The maximum absolute atomic E-state index is 12.8. The standard InChI is InChI=1S/C56H94O6/c1-4-7-10-13-16-19-22-24-26-27-28-30-31-34-37-40-43-46-49-55(58)61-52-53(51-60-54(57)48-45-42-39-36-33-21-18-15-12-9-6-3)62-56(59)50-47-44-41-38-35-32-29-25-23-20-17-14-11-8-5-2/h8,11,14,17,20,22-30,53H,4-7,9-10,12-13,15-16,18-19,21,31-52H2,1-3H3/b11-8-,17-14-,23-20-,24-22-,27-26-,29-25-,30-28-. The van der Waals surface area contributed by atoms with Gasteiger partial charge in [0.1, 0.15) is 13.2 Å². The minimum absolute atomic E-state index is 0.0923. The topological polar surface area (TPSA) is 78.9 Å². The first-order valence-electron chi connectivity index (χ1n) is 25.7. The predicted octanol–water partition coefficient (Wildman–Crippen LogP) is 16.8. The molecule has 0 saturated carbocycles. The van der Waals surface area contributed by atoms with Gasteiger partial charge in [-0.2, -0.15) is 0 Å². The van der Waals surface area contributed by atoms with Gasteiger partial charge < -0.3 is 14.2 Å². The molecule has 0 N–H and O–H groups in total. The third kappa shape index (κ3) is 47.6. The van der Waals surface area contributed by atoms with Gasteiger partial charge in [0.05, 0.1) is 0 Å². The van der Waals surface area contributed by atoms with Crippen molar-refractivity contribution in [2.45, 2.75) is 239 Å². The number of hydrogen-bond donors (Lipinski definition) is 0. The largest absolute Gasteiger partial charge is 0.462 e. The lowest BCUT2D eigenvalue weighted by molar-refractivity contribution is -0.167. The molecule has 6 nitrogen and oxygen atoms in total. The van der Waals surface area contributed by atoms with Crippen molar-refractivity contribution in [3.8, 4) is 0 Å². The Morgan fingerprint density at radius 1 is 0.339 bits per heavy atom. The molecule has 0 aliphatic carbocycles. The van der Waals surface area contributed by atoms with Crippen LogP contribution >= 0.6 is 0 Å². The van der Waals surface area contributed by atoms with Crippen LogP contribution in [0.1, 0.15) is 233 Å². The molecule has 0 radical (unpaired) electrons. The van der Waals surface area contributed by atoms with E-state index in [1.165, 1.54) is 83.5 Å². The number of allylic oxidation sites excluding steroid dienone is 14. The zero-order valence-corrected chi connectivity index (χ0v) is 40.4. The van der Waals surface area contributed by atoms with Crippen LogP contribution in [0, 0.1) is 0 Å². The summed E-state index contributed by atoms with van der Waals surface area (Å²) in [4.78, 5) is 37.9. The van der Waals surface area contributed by atoms with Gasteiger partial charge in [0.2, 0.25) is 0 Å². The first-order valence-corrected chi connectivity index (χ1v) is 25.7. The van der Waals surface area contributed by atoms with E-state index in [2.05, 4.69) is 87.6 Å². The normalized spacial score (nSPS) is 12.8. The summed E-state index contributed by atoms with van der Waals surface area (Å²) in [6.07, 6.45) is 64.2. The molecule has 1 atom stereocenters. The van der Waals surface area contributed by atoms with Gasteiger partial charge in [0, 0.05) is 19.3 Å². The van der Waals surface area contributed by atoms with Gasteiger partial charge in [-0.05, 0) is 64.2 Å². The first kappa shape index (κ1) is 58.6. The van der Waals surface area contributed by atoms with Gasteiger partial charge in [-0.15, -0.1) is 0 Å². The summed E-state index contributed by atoms with van der Waals surface area (Å²) in [5.74, 6) is -0.937. The van der Waals surface area contributed by atoms with Crippen LogP contribution in [0.15, 0.2) is 85.1 Å². The summed E-state index contributed by atoms with van der Waals surface area (Å²) in [7, 11) is 0. The SMILES string of the molecule is CC\C=C/C=C\C=C/C=C\CCCCCCCC(=O)OC(COC(=O)CCCCCCC\C=C/C=C\C=C/CCCCCCC)COC(=O)CCCCCCCCCCCCC. The second-order valence-corrected chi connectivity index (χ2v) is 16.9. The van der Waals surface area contributed by atoms with Crippen LogP contribution in [0.3, 0.4) is 0 Å². The van der Waals surface area contributed by atoms with Crippen LogP contribution in [0.5, 0.6) is 0 Å². The molecule has 1 unspecified atom stereocenters. The van der Waals surface area contributed by atoms with E-state index < -0.39 is 6.10 Å². The average molecular weight is 863 g/mol. The lowest BCUT2D eigenvalue weighted by atomic mass is 10.1. The smallest absolute Gasteiger partial charge is 0.306 e. The Morgan fingerprint density at radius 3 is 0.984 bits per heavy atom. The van der Waals surface area contributed by atoms with Crippen LogP contribution in [0.25, 0.3) is 0 Å². The van der Waals surface area contributed by atoms with Gasteiger partial charge in [-0.3, -0.25) is 14.4 Å². The van der Waals surface area contributed by atoms with Gasteiger partial charge in [-0.1, -0.05) is 234 Å². The van der Waals surface area contributed by atoms with E-state index in [-0.39, 0.29) is 31.1 Å². The Labute approximate surface area is 382 Å².